The van der Waals surface area contributed by atoms with Gasteiger partial charge in [-0.05, 0) is 43.7 Å². The van der Waals surface area contributed by atoms with Gasteiger partial charge in [0.05, 0.1) is 11.1 Å². The van der Waals surface area contributed by atoms with Crippen LogP contribution in [0.4, 0.5) is 11.5 Å². The predicted molar refractivity (Wildman–Crippen MR) is 171 cm³/mol. The van der Waals surface area contributed by atoms with Crippen molar-refractivity contribution >= 4 is 37.3 Å². The zero-order chi connectivity index (χ0) is 31.3. The van der Waals surface area contributed by atoms with Gasteiger partial charge >= 0.3 is 0 Å². The first-order chi connectivity index (χ1) is 21.1. The highest BCUT2D eigenvalue weighted by atomic mass is 28.3. The second-order valence-electron chi connectivity index (χ2n) is 13.7. The van der Waals surface area contributed by atoms with Crippen molar-refractivity contribution in [1.82, 2.24) is 20.1 Å². The normalized spacial score (nSPS) is 19.7. The third-order valence-corrected chi connectivity index (χ3v) is 11.1. The summed E-state index contributed by atoms with van der Waals surface area (Å²) in [5.74, 6) is -0.275. The molecule has 0 radical (unpaired) electrons. The third-order valence-electron chi connectivity index (χ3n) is 9.40. The number of hydrogen-bond donors (Lipinski definition) is 2. The van der Waals surface area contributed by atoms with Crippen molar-refractivity contribution in [1.29, 1.82) is 0 Å². The highest BCUT2D eigenvalue weighted by Crippen LogP contribution is 2.48. The second kappa shape index (κ2) is 13.9. The topological polar surface area (TPSA) is 128 Å². The van der Waals surface area contributed by atoms with Crippen LogP contribution in [0.15, 0.2) is 24.5 Å². The SMILES string of the molecule is Cn1nccc1C(=O)NC(C(=O)Nc1cc2c(cn1)C1(CCOCC1)C(=O)N2COCC[Si](C)(C)C)C1CCCCCCC1. The first-order valence-electron chi connectivity index (χ1n) is 16.2. The highest BCUT2D eigenvalue weighted by molar-refractivity contribution is 6.76. The van der Waals surface area contributed by atoms with E-state index in [9.17, 15) is 14.4 Å². The molecule has 2 N–H and O–H groups in total. The lowest BCUT2D eigenvalue weighted by molar-refractivity contribution is -0.127. The van der Waals surface area contributed by atoms with Crippen LogP contribution in [-0.2, 0) is 31.5 Å². The largest absolute Gasteiger partial charge is 0.381 e. The van der Waals surface area contributed by atoms with E-state index in [0.717, 1.165) is 55.8 Å². The summed E-state index contributed by atoms with van der Waals surface area (Å²) in [7, 11) is 0.420. The molecule has 240 valence electrons. The summed E-state index contributed by atoms with van der Waals surface area (Å²) in [6.45, 7) is 8.66. The van der Waals surface area contributed by atoms with Crippen molar-refractivity contribution in [2.75, 3.05) is 36.8 Å². The lowest BCUT2D eigenvalue weighted by Crippen LogP contribution is -2.49. The van der Waals surface area contributed by atoms with Crippen molar-refractivity contribution in [3.63, 3.8) is 0 Å². The number of carbonyl (C=O) groups is 3. The molecule has 1 spiro atoms. The Bertz CT molecular complexity index is 1330. The van der Waals surface area contributed by atoms with E-state index in [1.807, 2.05) is 0 Å². The van der Waals surface area contributed by atoms with Crippen LogP contribution in [0.25, 0.3) is 0 Å². The average Bonchev–Trinajstić information content (AvgIpc) is 3.49. The van der Waals surface area contributed by atoms with Gasteiger partial charge in [-0.3, -0.25) is 24.0 Å². The number of anilines is 2. The molecule has 4 heterocycles. The minimum atomic E-state index is -1.29. The van der Waals surface area contributed by atoms with Crippen LogP contribution < -0.4 is 15.5 Å². The maximum atomic E-state index is 13.9. The Labute approximate surface area is 261 Å². The Morgan fingerprint density at radius 1 is 1.14 bits per heavy atom. The fourth-order valence-corrected chi connectivity index (χ4v) is 7.44. The van der Waals surface area contributed by atoms with E-state index < -0.39 is 19.5 Å². The Balaban J connectivity index is 1.38. The van der Waals surface area contributed by atoms with Gasteiger partial charge in [0, 0.05) is 59.0 Å². The van der Waals surface area contributed by atoms with Crippen molar-refractivity contribution < 1.29 is 23.9 Å². The third kappa shape index (κ3) is 7.23. The number of aryl methyl sites for hydroxylation is 1. The summed E-state index contributed by atoms with van der Waals surface area (Å²) in [6, 6.07) is 3.71. The van der Waals surface area contributed by atoms with Crippen LogP contribution in [0.1, 0.15) is 73.8 Å². The molecule has 2 aromatic heterocycles. The molecule has 1 unspecified atom stereocenters. The lowest BCUT2D eigenvalue weighted by Gasteiger charge is -2.32. The van der Waals surface area contributed by atoms with Gasteiger partial charge < -0.3 is 20.1 Å². The zero-order valence-corrected chi connectivity index (χ0v) is 27.7. The van der Waals surface area contributed by atoms with E-state index in [-0.39, 0.29) is 30.4 Å². The molecular weight excluding hydrogens is 576 g/mol. The molecular formula is C32H48N6O5Si. The number of aromatic nitrogens is 3. The molecule has 2 fully saturated rings. The zero-order valence-electron chi connectivity index (χ0n) is 26.7. The summed E-state index contributed by atoms with van der Waals surface area (Å²) in [4.78, 5) is 47.5. The summed E-state index contributed by atoms with van der Waals surface area (Å²) in [5.41, 5.74) is 1.29. The summed E-state index contributed by atoms with van der Waals surface area (Å²) in [5, 5.41) is 10.1. The van der Waals surface area contributed by atoms with Crippen LogP contribution >= 0.6 is 0 Å². The van der Waals surface area contributed by atoms with Crippen molar-refractivity contribution in [2.24, 2.45) is 13.0 Å². The van der Waals surface area contributed by atoms with Gasteiger partial charge in [0.2, 0.25) is 11.8 Å². The smallest absolute Gasteiger partial charge is 0.270 e. The molecule has 0 aromatic carbocycles. The van der Waals surface area contributed by atoms with Gasteiger partial charge in [0.25, 0.3) is 5.91 Å². The molecule has 3 amide bonds. The predicted octanol–water partition coefficient (Wildman–Crippen LogP) is 4.62. The second-order valence-corrected chi connectivity index (χ2v) is 19.4. The van der Waals surface area contributed by atoms with Crippen LogP contribution in [0.5, 0.6) is 0 Å². The average molecular weight is 625 g/mol. The molecule has 1 saturated heterocycles. The molecule has 2 aromatic rings. The van der Waals surface area contributed by atoms with Crippen molar-refractivity contribution in [2.45, 2.75) is 94.9 Å². The van der Waals surface area contributed by atoms with Gasteiger partial charge in [-0.2, -0.15) is 5.10 Å². The van der Waals surface area contributed by atoms with Gasteiger partial charge in [0.1, 0.15) is 24.3 Å². The van der Waals surface area contributed by atoms with E-state index in [0.29, 0.717) is 44.2 Å². The maximum absolute atomic E-state index is 13.9. The minimum absolute atomic E-state index is 0.00455. The van der Waals surface area contributed by atoms with E-state index in [1.165, 1.54) is 11.1 Å². The van der Waals surface area contributed by atoms with Crippen LogP contribution in [0, 0.1) is 5.92 Å². The molecule has 12 heteroatoms. The van der Waals surface area contributed by atoms with Gasteiger partial charge in [-0.15, -0.1) is 0 Å². The monoisotopic (exact) mass is 624 g/mol. The molecule has 1 atom stereocenters. The number of rotatable bonds is 10. The number of ether oxygens (including phenoxy) is 2. The van der Waals surface area contributed by atoms with Crippen LogP contribution in [0.2, 0.25) is 25.7 Å². The fraction of sp³-hybridized carbons (Fsp3) is 0.656. The molecule has 1 saturated carbocycles. The molecule has 3 aliphatic rings. The van der Waals surface area contributed by atoms with Crippen LogP contribution in [0.3, 0.4) is 0 Å². The number of pyridine rings is 1. The molecule has 2 aliphatic heterocycles. The van der Waals surface area contributed by atoms with Crippen molar-refractivity contribution in [3.05, 3.63) is 35.8 Å². The van der Waals surface area contributed by atoms with Crippen molar-refractivity contribution in [3.8, 4) is 0 Å². The molecule has 0 bridgehead atoms. The molecule has 11 nitrogen and oxygen atoms in total. The van der Waals surface area contributed by atoms with Gasteiger partial charge in [-0.25, -0.2) is 4.98 Å². The Kier molecular flexibility index (Phi) is 10.2. The van der Waals surface area contributed by atoms with E-state index in [1.54, 1.807) is 36.5 Å². The fourth-order valence-electron chi connectivity index (χ4n) is 6.69. The Morgan fingerprint density at radius 3 is 2.50 bits per heavy atom. The van der Waals surface area contributed by atoms with E-state index in [2.05, 4.69) is 40.4 Å². The quantitative estimate of drug-likeness (QED) is 0.292. The number of fused-ring (bicyclic) bond motifs is 2. The number of amides is 3. The minimum Gasteiger partial charge on any atom is -0.381 e. The summed E-state index contributed by atoms with van der Waals surface area (Å²) < 4.78 is 13.2. The number of hydrogen-bond acceptors (Lipinski definition) is 7. The summed E-state index contributed by atoms with van der Waals surface area (Å²) in [6.07, 6.45) is 11.7. The van der Waals surface area contributed by atoms with E-state index in [4.69, 9.17) is 9.47 Å². The first-order valence-corrected chi connectivity index (χ1v) is 19.9. The first kappa shape index (κ1) is 32.3. The summed E-state index contributed by atoms with van der Waals surface area (Å²) >= 11 is 0. The van der Waals surface area contributed by atoms with Gasteiger partial charge in [-0.1, -0.05) is 51.7 Å². The lowest BCUT2D eigenvalue weighted by atomic mass is 9.76. The molecule has 44 heavy (non-hydrogen) atoms. The maximum Gasteiger partial charge on any atom is 0.270 e. The van der Waals surface area contributed by atoms with E-state index >= 15 is 0 Å². The molecule has 1 aliphatic carbocycles. The number of carbonyl (C=O) groups excluding carboxylic acids is 3. The van der Waals surface area contributed by atoms with Crippen LogP contribution in [-0.4, -0.2) is 73.2 Å². The highest BCUT2D eigenvalue weighted by Gasteiger charge is 2.52. The number of nitrogens with one attached hydrogen (secondary N) is 2. The molecule has 5 rings (SSSR count). The standard InChI is InChI=1S/C32H48N6O5Si/c1-37-25(12-15-34-37)29(39)36-28(23-10-8-6-5-7-9-11-23)30(40)35-27-20-26-24(21-33-27)32(13-16-42-17-14-32)31(41)38(26)22-43-18-19-44(2,3)4/h12,15,20-21,23,28H,5-11,13-14,16-19,22H2,1-4H3,(H,36,39)(H,33,35,40). The number of nitrogens with zero attached hydrogens (tertiary/aromatic N) is 4. The van der Waals surface area contributed by atoms with Gasteiger partial charge in [0.15, 0.2) is 0 Å². The Morgan fingerprint density at radius 2 is 1.84 bits per heavy atom. The Hall–Kier alpha value is -3.09.